The van der Waals surface area contributed by atoms with Gasteiger partial charge in [0.05, 0.1) is 18.7 Å². The van der Waals surface area contributed by atoms with Crippen LogP contribution in [-0.4, -0.2) is 63.8 Å². The van der Waals surface area contributed by atoms with Gasteiger partial charge in [-0.2, -0.15) is 5.10 Å². The van der Waals surface area contributed by atoms with E-state index in [2.05, 4.69) is 20.0 Å². The first-order valence-electron chi connectivity index (χ1n) is 9.52. The molecule has 1 aliphatic rings. The second-order valence-electron chi connectivity index (χ2n) is 6.71. The SMILES string of the molecule is CCn1nc(C(=O)N2CCN(c3cncnc3OC)CC2)c2ccccc2c1=O. The van der Waals surface area contributed by atoms with E-state index in [1.54, 1.807) is 36.4 Å². The highest BCUT2D eigenvalue weighted by molar-refractivity contribution is 6.04. The van der Waals surface area contributed by atoms with Crippen LogP contribution in [0.4, 0.5) is 5.69 Å². The van der Waals surface area contributed by atoms with E-state index in [0.29, 0.717) is 55.1 Å². The molecule has 0 saturated carbocycles. The normalized spacial score (nSPS) is 14.3. The Labute approximate surface area is 167 Å². The van der Waals surface area contributed by atoms with Crippen molar-refractivity contribution in [3.63, 3.8) is 0 Å². The van der Waals surface area contributed by atoms with Crippen LogP contribution in [0.2, 0.25) is 0 Å². The van der Waals surface area contributed by atoms with Crippen molar-refractivity contribution >= 4 is 22.4 Å². The Bertz CT molecular complexity index is 1100. The molecule has 1 fully saturated rings. The van der Waals surface area contributed by atoms with Crippen LogP contribution >= 0.6 is 0 Å². The van der Waals surface area contributed by atoms with Crippen molar-refractivity contribution in [3.05, 3.63) is 52.8 Å². The van der Waals surface area contributed by atoms with E-state index >= 15 is 0 Å². The van der Waals surface area contributed by atoms with E-state index in [1.165, 1.54) is 11.0 Å². The van der Waals surface area contributed by atoms with Crippen LogP contribution in [0.25, 0.3) is 10.8 Å². The summed E-state index contributed by atoms with van der Waals surface area (Å²) in [4.78, 5) is 37.8. The minimum Gasteiger partial charge on any atom is -0.479 e. The third kappa shape index (κ3) is 3.39. The summed E-state index contributed by atoms with van der Waals surface area (Å²) in [5.41, 5.74) is 0.946. The van der Waals surface area contributed by atoms with Gasteiger partial charge in [-0.3, -0.25) is 9.59 Å². The minimum atomic E-state index is -0.180. The standard InChI is InChI=1S/C20H22N6O3/c1-3-26-19(27)15-7-5-4-6-14(15)17(23-26)20(28)25-10-8-24(9-11-25)16-12-21-13-22-18(16)29-2/h4-7,12-13H,3,8-11H2,1-2H3. The largest absolute Gasteiger partial charge is 0.479 e. The lowest BCUT2D eigenvalue weighted by molar-refractivity contribution is 0.0740. The number of methoxy groups -OCH3 is 1. The highest BCUT2D eigenvalue weighted by atomic mass is 16.5. The molecule has 4 rings (SSSR count). The first kappa shape index (κ1) is 18.9. The molecule has 9 heteroatoms. The number of rotatable bonds is 4. The summed E-state index contributed by atoms with van der Waals surface area (Å²) >= 11 is 0. The number of ether oxygens (including phenoxy) is 1. The van der Waals surface area contributed by atoms with Crippen LogP contribution < -0.4 is 15.2 Å². The number of nitrogens with zero attached hydrogens (tertiary/aromatic N) is 6. The maximum atomic E-state index is 13.2. The Balaban J connectivity index is 1.59. The summed E-state index contributed by atoms with van der Waals surface area (Å²) in [5, 5.41) is 5.46. The van der Waals surface area contributed by atoms with Gasteiger partial charge in [0.15, 0.2) is 5.69 Å². The van der Waals surface area contributed by atoms with Crippen molar-refractivity contribution in [2.75, 3.05) is 38.2 Å². The van der Waals surface area contributed by atoms with Gasteiger partial charge in [-0.25, -0.2) is 14.6 Å². The number of carbonyl (C=O) groups excluding carboxylic acids is 1. The lowest BCUT2D eigenvalue weighted by Gasteiger charge is -2.36. The summed E-state index contributed by atoms with van der Waals surface area (Å²) in [5.74, 6) is 0.349. The number of aryl methyl sites for hydroxylation is 1. The highest BCUT2D eigenvalue weighted by Gasteiger charge is 2.27. The van der Waals surface area contributed by atoms with Crippen LogP contribution in [0.5, 0.6) is 5.88 Å². The van der Waals surface area contributed by atoms with Crippen LogP contribution in [0.15, 0.2) is 41.6 Å². The average Bonchev–Trinajstić information content (AvgIpc) is 2.79. The molecule has 150 valence electrons. The molecule has 1 aromatic carbocycles. The number of fused-ring (bicyclic) bond motifs is 1. The minimum absolute atomic E-state index is 0.167. The lowest BCUT2D eigenvalue weighted by atomic mass is 10.1. The zero-order chi connectivity index (χ0) is 20.4. The highest BCUT2D eigenvalue weighted by Crippen LogP contribution is 2.25. The molecule has 3 aromatic rings. The maximum Gasteiger partial charge on any atom is 0.275 e. The number of piperazine rings is 1. The van der Waals surface area contributed by atoms with Crippen LogP contribution in [-0.2, 0) is 6.54 Å². The molecular formula is C20H22N6O3. The average molecular weight is 394 g/mol. The Kier molecular flexibility index (Phi) is 5.11. The monoisotopic (exact) mass is 394 g/mol. The second kappa shape index (κ2) is 7.86. The first-order chi connectivity index (χ1) is 14.1. The summed E-state index contributed by atoms with van der Waals surface area (Å²) in [6.07, 6.45) is 3.16. The Hall–Kier alpha value is -3.49. The van der Waals surface area contributed by atoms with Crippen LogP contribution in [0, 0.1) is 0 Å². The molecule has 2 aromatic heterocycles. The summed E-state index contributed by atoms with van der Waals surface area (Å²) < 4.78 is 6.66. The predicted molar refractivity (Wildman–Crippen MR) is 108 cm³/mol. The molecule has 0 spiro atoms. The first-order valence-corrected chi connectivity index (χ1v) is 9.52. The van der Waals surface area contributed by atoms with E-state index < -0.39 is 0 Å². The van der Waals surface area contributed by atoms with Crippen LogP contribution in [0.1, 0.15) is 17.4 Å². The van der Waals surface area contributed by atoms with Crippen molar-refractivity contribution < 1.29 is 9.53 Å². The maximum absolute atomic E-state index is 13.2. The summed E-state index contributed by atoms with van der Waals surface area (Å²) in [6, 6.07) is 7.13. The molecule has 0 N–H and O–H groups in total. The topological polar surface area (TPSA) is 93.5 Å². The smallest absolute Gasteiger partial charge is 0.275 e. The number of hydrogen-bond acceptors (Lipinski definition) is 7. The zero-order valence-electron chi connectivity index (χ0n) is 16.4. The van der Waals surface area contributed by atoms with E-state index in [-0.39, 0.29) is 11.5 Å². The fourth-order valence-corrected chi connectivity index (χ4v) is 3.59. The molecule has 29 heavy (non-hydrogen) atoms. The Morgan fingerprint density at radius 3 is 2.55 bits per heavy atom. The van der Waals surface area contributed by atoms with E-state index in [4.69, 9.17) is 4.74 Å². The van der Waals surface area contributed by atoms with Gasteiger partial charge >= 0.3 is 0 Å². The molecular weight excluding hydrogens is 372 g/mol. The number of carbonyl (C=O) groups is 1. The van der Waals surface area contributed by atoms with Crippen molar-refractivity contribution in [1.82, 2.24) is 24.6 Å². The van der Waals surface area contributed by atoms with Gasteiger partial charge < -0.3 is 14.5 Å². The number of anilines is 1. The van der Waals surface area contributed by atoms with E-state index in [0.717, 1.165) is 5.69 Å². The molecule has 9 nitrogen and oxygen atoms in total. The lowest BCUT2D eigenvalue weighted by Crippen LogP contribution is -2.49. The molecule has 0 unspecified atom stereocenters. The number of benzene rings is 1. The third-order valence-corrected chi connectivity index (χ3v) is 5.13. The second-order valence-corrected chi connectivity index (χ2v) is 6.71. The third-order valence-electron chi connectivity index (χ3n) is 5.13. The number of hydrogen-bond donors (Lipinski definition) is 0. The summed E-state index contributed by atoms with van der Waals surface area (Å²) in [6.45, 7) is 4.55. The number of aromatic nitrogens is 4. The van der Waals surface area contributed by atoms with Crippen molar-refractivity contribution in [2.24, 2.45) is 0 Å². The molecule has 0 aliphatic carbocycles. The van der Waals surface area contributed by atoms with Crippen LogP contribution in [0.3, 0.4) is 0 Å². The quantitative estimate of drug-likeness (QED) is 0.656. The zero-order valence-corrected chi connectivity index (χ0v) is 16.4. The van der Waals surface area contributed by atoms with Gasteiger partial charge in [0.25, 0.3) is 11.5 Å². The van der Waals surface area contributed by atoms with Gasteiger partial charge in [-0.15, -0.1) is 0 Å². The Morgan fingerprint density at radius 1 is 1.14 bits per heavy atom. The molecule has 1 aliphatic heterocycles. The molecule has 1 amide bonds. The van der Waals surface area contributed by atoms with E-state index in [1.807, 2.05) is 13.0 Å². The molecule has 1 saturated heterocycles. The summed E-state index contributed by atoms with van der Waals surface area (Å²) in [7, 11) is 1.57. The van der Waals surface area contributed by atoms with E-state index in [9.17, 15) is 9.59 Å². The molecule has 0 radical (unpaired) electrons. The van der Waals surface area contributed by atoms with Gasteiger partial charge in [-0.1, -0.05) is 18.2 Å². The van der Waals surface area contributed by atoms with Crippen molar-refractivity contribution in [1.29, 1.82) is 0 Å². The molecule has 0 atom stereocenters. The van der Waals surface area contributed by atoms with Crippen molar-refractivity contribution in [2.45, 2.75) is 13.5 Å². The Morgan fingerprint density at radius 2 is 1.86 bits per heavy atom. The van der Waals surface area contributed by atoms with Gasteiger partial charge in [0.2, 0.25) is 5.88 Å². The molecule has 3 heterocycles. The van der Waals surface area contributed by atoms with Gasteiger partial charge in [0, 0.05) is 38.1 Å². The fraction of sp³-hybridized carbons (Fsp3) is 0.350. The number of amides is 1. The van der Waals surface area contributed by atoms with Gasteiger partial charge in [-0.05, 0) is 13.0 Å². The van der Waals surface area contributed by atoms with Crippen molar-refractivity contribution in [3.8, 4) is 5.88 Å². The molecule has 0 bridgehead atoms. The fourth-order valence-electron chi connectivity index (χ4n) is 3.59. The predicted octanol–water partition coefficient (Wildman–Crippen LogP) is 1.18. The van der Waals surface area contributed by atoms with Gasteiger partial charge in [0.1, 0.15) is 12.0 Å².